The summed E-state index contributed by atoms with van der Waals surface area (Å²) in [6.07, 6.45) is 1.93. The SMILES string of the molecule is CC(C(=O)N1CCCC1)S(=O)c1ccc(Cl)c(C(=O)O)c1. The lowest BCUT2D eigenvalue weighted by molar-refractivity contribution is -0.129. The van der Waals surface area contributed by atoms with E-state index in [0.717, 1.165) is 12.8 Å². The fourth-order valence-electron chi connectivity index (χ4n) is 2.28. The molecule has 1 aromatic rings. The summed E-state index contributed by atoms with van der Waals surface area (Å²) in [6.45, 7) is 2.99. The van der Waals surface area contributed by atoms with Crippen molar-refractivity contribution in [2.75, 3.05) is 13.1 Å². The second-order valence-electron chi connectivity index (χ2n) is 4.92. The number of carboxylic acids is 1. The minimum Gasteiger partial charge on any atom is -0.478 e. The molecule has 1 amide bonds. The standard InChI is InChI=1S/C14H16ClNO4S/c1-9(13(17)16-6-2-3-7-16)21(20)10-4-5-12(15)11(8-10)14(18)19/h4-5,8-9H,2-3,6-7H2,1H3,(H,18,19). The first kappa shape index (κ1) is 16.0. The Balaban J connectivity index is 2.21. The van der Waals surface area contributed by atoms with Gasteiger partial charge >= 0.3 is 5.97 Å². The molecule has 0 spiro atoms. The molecule has 5 nitrogen and oxygen atoms in total. The van der Waals surface area contributed by atoms with Crippen LogP contribution in [0.25, 0.3) is 0 Å². The average Bonchev–Trinajstić information content (AvgIpc) is 2.99. The number of likely N-dealkylation sites (tertiary alicyclic amines) is 1. The van der Waals surface area contributed by atoms with E-state index in [1.807, 2.05) is 0 Å². The van der Waals surface area contributed by atoms with Crippen molar-refractivity contribution < 1.29 is 18.9 Å². The van der Waals surface area contributed by atoms with Crippen LogP contribution in [0.4, 0.5) is 0 Å². The maximum atomic E-state index is 12.5. The Kier molecular flexibility index (Phi) is 5.00. The van der Waals surface area contributed by atoms with Gasteiger partial charge in [-0.15, -0.1) is 0 Å². The quantitative estimate of drug-likeness (QED) is 0.918. The summed E-state index contributed by atoms with van der Waals surface area (Å²) in [4.78, 5) is 25.3. The number of amides is 1. The molecule has 1 aliphatic rings. The normalized spacial score (nSPS) is 17.5. The second kappa shape index (κ2) is 6.58. The summed E-state index contributed by atoms with van der Waals surface area (Å²) >= 11 is 5.79. The van der Waals surface area contributed by atoms with Crippen LogP contribution in [-0.4, -0.2) is 44.4 Å². The lowest BCUT2D eigenvalue weighted by Crippen LogP contribution is -2.37. The molecular formula is C14H16ClNO4S. The van der Waals surface area contributed by atoms with Crippen molar-refractivity contribution in [3.05, 3.63) is 28.8 Å². The fourth-order valence-corrected chi connectivity index (χ4v) is 3.66. The zero-order valence-electron chi connectivity index (χ0n) is 11.5. The van der Waals surface area contributed by atoms with Gasteiger partial charge in [-0.05, 0) is 38.0 Å². The van der Waals surface area contributed by atoms with Gasteiger partial charge in [0, 0.05) is 18.0 Å². The van der Waals surface area contributed by atoms with Crippen molar-refractivity contribution >= 4 is 34.3 Å². The number of halogens is 1. The van der Waals surface area contributed by atoms with Gasteiger partial charge in [-0.25, -0.2) is 4.79 Å². The molecule has 0 radical (unpaired) electrons. The lowest BCUT2D eigenvalue weighted by Gasteiger charge is -2.20. The molecule has 1 N–H and O–H groups in total. The highest BCUT2D eigenvalue weighted by atomic mass is 35.5. The Morgan fingerprint density at radius 3 is 2.52 bits per heavy atom. The molecule has 1 fully saturated rings. The van der Waals surface area contributed by atoms with Crippen molar-refractivity contribution in [1.29, 1.82) is 0 Å². The van der Waals surface area contributed by atoms with E-state index in [-0.39, 0.29) is 16.5 Å². The van der Waals surface area contributed by atoms with E-state index < -0.39 is 22.0 Å². The predicted octanol–water partition coefficient (Wildman–Crippen LogP) is 2.16. The first-order chi connectivity index (χ1) is 9.91. The van der Waals surface area contributed by atoms with Crippen LogP contribution >= 0.6 is 11.6 Å². The summed E-state index contributed by atoms with van der Waals surface area (Å²) in [7, 11) is -1.60. The summed E-state index contributed by atoms with van der Waals surface area (Å²) in [6, 6.07) is 4.17. The van der Waals surface area contributed by atoms with Gasteiger partial charge < -0.3 is 10.0 Å². The maximum absolute atomic E-state index is 12.5. The van der Waals surface area contributed by atoms with Crippen molar-refractivity contribution in [3.63, 3.8) is 0 Å². The molecule has 1 saturated heterocycles. The topological polar surface area (TPSA) is 74.7 Å². The van der Waals surface area contributed by atoms with Crippen molar-refractivity contribution in [2.45, 2.75) is 29.9 Å². The predicted molar refractivity (Wildman–Crippen MR) is 80.1 cm³/mol. The molecule has 1 heterocycles. The van der Waals surface area contributed by atoms with E-state index in [1.54, 1.807) is 11.8 Å². The highest BCUT2D eigenvalue weighted by Gasteiger charge is 2.28. The van der Waals surface area contributed by atoms with E-state index in [4.69, 9.17) is 16.7 Å². The minimum absolute atomic E-state index is 0.0850. The van der Waals surface area contributed by atoms with Gasteiger partial charge in [0.2, 0.25) is 5.91 Å². The van der Waals surface area contributed by atoms with Gasteiger partial charge in [0.15, 0.2) is 0 Å². The third-order valence-corrected chi connectivity index (χ3v) is 5.38. The smallest absolute Gasteiger partial charge is 0.337 e. The molecule has 0 bridgehead atoms. The molecule has 2 rings (SSSR count). The number of aromatic carboxylic acids is 1. The van der Waals surface area contributed by atoms with Crippen molar-refractivity contribution in [2.24, 2.45) is 0 Å². The van der Waals surface area contributed by atoms with E-state index in [1.165, 1.54) is 18.2 Å². The van der Waals surface area contributed by atoms with E-state index in [0.29, 0.717) is 18.0 Å². The molecular weight excluding hydrogens is 314 g/mol. The first-order valence-corrected chi connectivity index (χ1v) is 8.23. The Hall–Kier alpha value is -1.40. The molecule has 0 aliphatic carbocycles. The van der Waals surface area contributed by atoms with Gasteiger partial charge in [-0.2, -0.15) is 0 Å². The number of carboxylic acid groups (broad SMARTS) is 1. The Morgan fingerprint density at radius 1 is 1.33 bits per heavy atom. The maximum Gasteiger partial charge on any atom is 0.337 e. The van der Waals surface area contributed by atoms with Crippen LogP contribution < -0.4 is 0 Å². The van der Waals surface area contributed by atoms with Gasteiger partial charge in [0.1, 0.15) is 5.25 Å². The number of carbonyl (C=O) groups excluding carboxylic acids is 1. The van der Waals surface area contributed by atoms with Crippen LogP contribution in [0.3, 0.4) is 0 Å². The molecule has 0 saturated carbocycles. The van der Waals surface area contributed by atoms with Crippen LogP contribution in [0.2, 0.25) is 5.02 Å². The number of hydrogen-bond acceptors (Lipinski definition) is 3. The highest BCUT2D eigenvalue weighted by Crippen LogP contribution is 2.22. The summed E-state index contributed by atoms with van der Waals surface area (Å²) in [5.74, 6) is -1.34. The van der Waals surface area contributed by atoms with Crippen LogP contribution in [0.5, 0.6) is 0 Å². The molecule has 1 aliphatic heterocycles. The Bertz CT molecular complexity index is 599. The first-order valence-electron chi connectivity index (χ1n) is 6.64. The number of nitrogens with zero attached hydrogens (tertiary/aromatic N) is 1. The van der Waals surface area contributed by atoms with Gasteiger partial charge in [0.25, 0.3) is 0 Å². The van der Waals surface area contributed by atoms with Crippen LogP contribution in [0.1, 0.15) is 30.1 Å². The molecule has 2 unspecified atom stereocenters. The molecule has 2 atom stereocenters. The van der Waals surface area contributed by atoms with Crippen molar-refractivity contribution in [3.8, 4) is 0 Å². The summed E-state index contributed by atoms with van der Waals surface area (Å²) in [5, 5.41) is 8.42. The number of rotatable bonds is 4. The van der Waals surface area contributed by atoms with Crippen molar-refractivity contribution in [1.82, 2.24) is 4.90 Å². The van der Waals surface area contributed by atoms with Crippen LogP contribution in [0, 0.1) is 0 Å². The average molecular weight is 330 g/mol. The molecule has 21 heavy (non-hydrogen) atoms. The van der Waals surface area contributed by atoms with Gasteiger partial charge in [-0.1, -0.05) is 11.6 Å². The van der Waals surface area contributed by atoms with Crippen LogP contribution in [-0.2, 0) is 15.6 Å². The van der Waals surface area contributed by atoms with E-state index in [9.17, 15) is 13.8 Å². The number of benzene rings is 1. The highest BCUT2D eigenvalue weighted by molar-refractivity contribution is 7.86. The van der Waals surface area contributed by atoms with E-state index >= 15 is 0 Å². The summed E-state index contributed by atoms with van der Waals surface area (Å²) < 4.78 is 12.5. The van der Waals surface area contributed by atoms with Gasteiger partial charge in [0.05, 0.1) is 21.4 Å². The zero-order valence-corrected chi connectivity index (χ0v) is 13.1. The van der Waals surface area contributed by atoms with Crippen LogP contribution in [0.15, 0.2) is 23.1 Å². The monoisotopic (exact) mass is 329 g/mol. The number of hydrogen-bond donors (Lipinski definition) is 1. The second-order valence-corrected chi connectivity index (χ2v) is 7.10. The Labute approximate surface area is 130 Å². The molecule has 7 heteroatoms. The Morgan fingerprint density at radius 2 is 1.95 bits per heavy atom. The summed E-state index contributed by atoms with van der Waals surface area (Å²) in [5.41, 5.74) is -0.108. The van der Waals surface area contributed by atoms with E-state index in [2.05, 4.69) is 0 Å². The fraction of sp³-hybridized carbons (Fsp3) is 0.429. The van der Waals surface area contributed by atoms with Gasteiger partial charge in [-0.3, -0.25) is 9.00 Å². The number of carbonyl (C=O) groups is 2. The zero-order chi connectivity index (χ0) is 15.6. The largest absolute Gasteiger partial charge is 0.478 e. The minimum atomic E-state index is -1.60. The lowest BCUT2D eigenvalue weighted by atomic mass is 10.2. The molecule has 114 valence electrons. The molecule has 1 aromatic carbocycles. The third kappa shape index (κ3) is 3.44. The third-order valence-electron chi connectivity index (χ3n) is 3.49. The molecule has 0 aromatic heterocycles.